The van der Waals surface area contributed by atoms with Gasteiger partial charge >= 0.3 is 0 Å². The van der Waals surface area contributed by atoms with Crippen molar-refractivity contribution in [3.05, 3.63) is 29.3 Å². The normalized spacial score (nSPS) is 18.1. The van der Waals surface area contributed by atoms with Crippen LogP contribution in [-0.4, -0.2) is 51.4 Å². The smallest absolute Gasteiger partial charge is 0.272 e. The number of benzene rings is 1. The molecule has 0 saturated carbocycles. The number of halogens is 1. The average Bonchev–Trinajstić information content (AvgIpc) is 2.39. The molecular weight excluding hydrogens is 302 g/mol. The fourth-order valence-electron chi connectivity index (χ4n) is 2.26. The highest BCUT2D eigenvalue weighted by molar-refractivity contribution is 7.89. The predicted molar refractivity (Wildman–Crippen MR) is 75.0 cm³/mol. The van der Waals surface area contributed by atoms with Gasteiger partial charge in [0.15, 0.2) is 6.54 Å². The number of nitrogens with zero attached hydrogens (tertiary/aromatic N) is 1. The van der Waals surface area contributed by atoms with Crippen LogP contribution in [0.4, 0.5) is 0 Å². The van der Waals surface area contributed by atoms with Crippen LogP contribution in [0.25, 0.3) is 0 Å². The van der Waals surface area contributed by atoms with E-state index in [-0.39, 0.29) is 22.4 Å². The zero-order valence-electron chi connectivity index (χ0n) is 10.9. The number of hydrogen-bond donors (Lipinski definition) is 2. The standard InChI is InChI=1S/C12H16ClN3O3S/c13-10-3-1-2-4-11(10)20(18,19)16-7-5-15(6-8-16)9-12(14)17/h1-4H,5-9H2,(H2,14,17)/p+1. The SMILES string of the molecule is NC(=O)C[NH+]1CCN(S(=O)(=O)c2ccccc2Cl)CC1. The molecule has 0 atom stereocenters. The predicted octanol–water partition coefficient (Wildman–Crippen LogP) is -1.29. The Balaban J connectivity index is 2.10. The quantitative estimate of drug-likeness (QED) is 0.725. The summed E-state index contributed by atoms with van der Waals surface area (Å²) in [5, 5.41) is 0.222. The molecule has 1 saturated heterocycles. The lowest BCUT2D eigenvalue weighted by molar-refractivity contribution is -0.895. The molecule has 0 unspecified atom stereocenters. The third kappa shape index (κ3) is 3.29. The lowest BCUT2D eigenvalue weighted by atomic mass is 10.3. The van der Waals surface area contributed by atoms with Gasteiger partial charge < -0.3 is 10.6 Å². The highest BCUT2D eigenvalue weighted by Crippen LogP contribution is 2.23. The molecule has 1 aliphatic heterocycles. The summed E-state index contributed by atoms with van der Waals surface area (Å²) in [6, 6.07) is 6.40. The van der Waals surface area contributed by atoms with Gasteiger partial charge in [-0.3, -0.25) is 4.79 Å². The number of sulfonamides is 1. The molecular formula is C12H17ClN3O3S+. The summed E-state index contributed by atoms with van der Waals surface area (Å²) in [6.45, 7) is 2.07. The number of rotatable bonds is 4. The summed E-state index contributed by atoms with van der Waals surface area (Å²) < 4.78 is 26.4. The van der Waals surface area contributed by atoms with Crippen LogP contribution in [-0.2, 0) is 14.8 Å². The van der Waals surface area contributed by atoms with Gasteiger partial charge in [-0.25, -0.2) is 8.42 Å². The van der Waals surface area contributed by atoms with Crippen molar-refractivity contribution in [3.8, 4) is 0 Å². The van der Waals surface area contributed by atoms with Crippen LogP contribution in [0.15, 0.2) is 29.2 Å². The van der Waals surface area contributed by atoms with E-state index in [4.69, 9.17) is 17.3 Å². The summed E-state index contributed by atoms with van der Waals surface area (Å²) in [5.74, 6) is -0.373. The van der Waals surface area contributed by atoms with Crippen molar-refractivity contribution in [2.24, 2.45) is 5.73 Å². The van der Waals surface area contributed by atoms with Gasteiger partial charge in [0.2, 0.25) is 10.0 Å². The van der Waals surface area contributed by atoms with Crippen molar-refractivity contribution < 1.29 is 18.1 Å². The van der Waals surface area contributed by atoms with Crippen LogP contribution in [0.2, 0.25) is 5.02 Å². The molecule has 0 bridgehead atoms. The van der Waals surface area contributed by atoms with Gasteiger partial charge in [-0.1, -0.05) is 23.7 Å². The van der Waals surface area contributed by atoms with Crippen molar-refractivity contribution in [1.29, 1.82) is 0 Å². The summed E-state index contributed by atoms with van der Waals surface area (Å²) in [6.07, 6.45) is 0. The van der Waals surface area contributed by atoms with E-state index in [1.165, 1.54) is 10.4 Å². The van der Waals surface area contributed by atoms with E-state index in [0.29, 0.717) is 26.2 Å². The third-order valence-electron chi connectivity index (χ3n) is 3.31. The monoisotopic (exact) mass is 318 g/mol. The largest absolute Gasteiger partial charge is 0.365 e. The Morgan fingerprint density at radius 3 is 2.45 bits per heavy atom. The number of quaternary nitrogens is 1. The molecule has 1 aromatic carbocycles. The highest BCUT2D eigenvalue weighted by atomic mass is 35.5. The Bertz CT molecular complexity index is 598. The Hall–Kier alpha value is -1.15. The van der Waals surface area contributed by atoms with Crippen LogP contribution in [0.3, 0.4) is 0 Å². The molecule has 110 valence electrons. The van der Waals surface area contributed by atoms with E-state index < -0.39 is 10.0 Å². The second-order valence-corrected chi connectivity index (χ2v) is 7.04. The van der Waals surface area contributed by atoms with Gasteiger partial charge in [0, 0.05) is 0 Å². The van der Waals surface area contributed by atoms with E-state index in [1.807, 2.05) is 0 Å². The molecule has 0 aliphatic carbocycles. The first-order valence-electron chi connectivity index (χ1n) is 6.28. The topological polar surface area (TPSA) is 84.9 Å². The Morgan fingerprint density at radius 2 is 1.90 bits per heavy atom. The van der Waals surface area contributed by atoms with Gasteiger partial charge in [-0.05, 0) is 12.1 Å². The maximum absolute atomic E-state index is 12.5. The number of carbonyl (C=O) groups is 1. The maximum Gasteiger partial charge on any atom is 0.272 e. The zero-order valence-corrected chi connectivity index (χ0v) is 12.5. The minimum absolute atomic E-state index is 0.125. The molecule has 0 aromatic heterocycles. The lowest BCUT2D eigenvalue weighted by Gasteiger charge is -2.31. The van der Waals surface area contributed by atoms with Crippen LogP contribution >= 0.6 is 11.6 Å². The highest BCUT2D eigenvalue weighted by Gasteiger charge is 2.31. The number of hydrogen-bond acceptors (Lipinski definition) is 3. The second kappa shape index (κ2) is 6.09. The van der Waals surface area contributed by atoms with Crippen LogP contribution < -0.4 is 10.6 Å². The minimum atomic E-state index is -3.57. The zero-order chi connectivity index (χ0) is 14.8. The molecule has 2 rings (SSSR count). The molecule has 0 spiro atoms. The summed E-state index contributed by atoms with van der Waals surface area (Å²) >= 11 is 5.95. The molecule has 0 radical (unpaired) electrons. The first-order chi connectivity index (χ1) is 9.41. The number of nitrogens with one attached hydrogen (secondary N) is 1. The van der Waals surface area contributed by atoms with Crippen LogP contribution in [0.5, 0.6) is 0 Å². The van der Waals surface area contributed by atoms with E-state index in [2.05, 4.69) is 0 Å². The molecule has 1 fully saturated rings. The molecule has 20 heavy (non-hydrogen) atoms. The molecule has 3 N–H and O–H groups in total. The Morgan fingerprint density at radius 1 is 1.30 bits per heavy atom. The minimum Gasteiger partial charge on any atom is -0.365 e. The maximum atomic E-state index is 12.5. The number of carbonyl (C=O) groups excluding carboxylic acids is 1. The number of primary amides is 1. The first-order valence-corrected chi connectivity index (χ1v) is 8.09. The van der Waals surface area contributed by atoms with E-state index in [0.717, 1.165) is 4.90 Å². The summed E-state index contributed by atoms with van der Waals surface area (Å²) in [4.78, 5) is 12.0. The van der Waals surface area contributed by atoms with Gasteiger partial charge in [-0.15, -0.1) is 0 Å². The third-order valence-corrected chi connectivity index (χ3v) is 5.71. The Labute approximate surface area is 123 Å². The summed E-state index contributed by atoms with van der Waals surface area (Å²) in [5.41, 5.74) is 5.15. The molecule has 8 heteroatoms. The second-order valence-electron chi connectivity index (χ2n) is 4.73. The van der Waals surface area contributed by atoms with Crippen molar-refractivity contribution in [1.82, 2.24) is 4.31 Å². The van der Waals surface area contributed by atoms with Crippen molar-refractivity contribution in [2.45, 2.75) is 4.90 Å². The molecule has 1 aliphatic rings. The number of nitrogens with two attached hydrogens (primary N) is 1. The molecule has 1 aromatic rings. The first kappa shape index (κ1) is 15.2. The van der Waals surface area contributed by atoms with Crippen LogP contribution in [0.1, 0.15) is 0 Å². The fourth-order valence-corrected chi connectivity index (χ4v) is 4.19. The molecule has 1 heterocycles. The van der Waals surface area contributed by atoms with E-state index in [1.54, 1.807) is 18.2 Å². The van der Waals surface area contributed by atoms with Gasteiger partial charge in [-0.2, -0.15) is 4.31 Å². The number of amides is 1. The van der Waals surface area contributed by atoms with Gasteiger partial charge in [0.25, 0.3) is 5.91 Å². The van der Waals surface area contributed by atoms with Gasteiger partial charge in [0.1, 0.15) is 4.90 Å². The fraction of sp³-hybridized carbons (Fsp3) is 0.417. The number of piperazine rings is 1. The van der Waals surface area contributed by atoms with Crippen molar-refractivity contribution in [3.63, 3.8) is 0 Å². The van der Waals surface area contributed by atoms with Crippen molar-refractivity contribution >= 4 is 27.5 Å². The molecule has 6 nitrogen and oxygen atoms in total. The lowest BCUT2D eigenvalue weighted by Crippen LogP contribution is -3.15. The average molecular weight is 319 g/mol. The van der Waals surface area contributed by atoms with Crippen LogP contribution in [0, 0.1) is 0 Å². The summed E-state index contributed by atoms with van der Waals surface area (Å²) in [7, 11) is -3.57. The van der Waals surface area contributed by atoms with Gasteiger partial charge in [0.05, 0.1) is 31.2 Å². The molecule has 1 amide bonds. The van der Waals surface area contributed by atoms with E-state index >= 15 is 0 Å². The Kier molecular flexibility index (Phi) is 4.64. The van der Waals surface area contributed by atoms with E-state index in [9.17, 15) is 13.2 Å². The van der Waals surface area contributed by atoms with Crippen molar-refractivity contribution in [2.75, 3.05) is 32.7 Å².